The molecule has 1 atom stereocenters. The Balaban J connectivity index is 1.55. The molecule has 0 radical (unpaired) electrons. The van der Waals surface area contributed by atoms with Gasteiger partial charge in [-0.3, -0.25) is 9.52 Å². The van der Waals surface area contributed by atoms with E-state index in [4.69, 9.17) is 0 Å². The molecule has 0 aliphatic heterocycles. The number of aryl methyl sites for hydroxylation is 2. The molecule has 36 heavy (non-hydrogen) atoms. The number of thioether (sulfide) groups is 1. The molecule has 0 saturated carbocycles. The molecule has 1 amide bonds. The Morgan fingerprint density at radius 2 is 1.47 bits per heavy atom. The van der Waals surface area contributed by atoms with Crippen LogP contribution in [0.1, 0.15) is 28.9 Å². The van der Waals surface area contributed by atoms with Gasteiger partial charge in [-0.05, 0) is 66.4 Å². The number of para-hydroxylation sites is 1. The summed E-state index contributed by atoms with van der Waals surface area (Å²) in [6.07, 6.45) is 0.820. The Kier molecular flexibility index (Phi) is 8.13. The van der Waals surface area contributed by atoms with Crippen molar-refractivity contribution in [2.24, 2.45) is 0 Å². The van der Waals surface area contributed by atoms with Crippen LogP contribution in [-0.2, 0) is 21.2 Å². The summed E-state index contributed by atoms with van der Waals surface area (Å²) in [7, 11) is -3.67. The maximum atomic E-state index is 13.5. The molecule has 0 bridgehead atoms. The number of amides is 1. The highest BCUT2D eigenvalue weighted by molar-refractivity contribution is 8.00. The van der Waals surface area contributed by atoms with Crippen molar-refractivity contribution >= 4 is 39.1 Å². The number of carbonyl (C=O) groups excluding carboxylic acids is 1. The van der Waals surface area contributed by atoms with Crippen LogP contribution in [0.5, 0.6) is 0 Å². The second-order valence-corrected chi connectivity index (χ2v) is 11.2. The lowest BCUT2D eigenvalue weighted by molar-refractivity contribution is -0.115. The van der Waals surface area contributed by atoms with Gasteiger partial charge in [0.1, 0.15) is 5.25 Å². The van der Waals surface area contributed by atoms with Crippen LogP contribution >= 0.6 is 11.8 Å². The number of rotatable bonds is 9. The normalized spacial score (nSPS) is 12.1. The molecule has 4 aromatic carbocycles. The lowest BCUT2D eigenvalue weighted by Crippen LogP contribution is -2.20. The minimum atomic E-state index is -3.67. The topological polar surface area (TPSA) is 75.3 Å². The third-order valence-corrected chi connectivity index (χ3v) is 8.41. The Bertz CT molecular complexity index is 1420. The standard InChI is InChI=1S/C29H28N2O3S2/c1-3-22-14-10-11-21(2)27(22)30-29(32)28(23-12-6-4-7-13-23)35-25-19-17-24(18-20-25)31-36(33,34)26-15-8-5-9-16-26/h4-20,28,31H,3H2,1-2H3,(H,30,32). The first kappa shape index (κ1) is 25.5. The zero-order chi connectivity index (χ0) is 25.5. The van der Waals surface area contributed by atoms with E-state index in [-0.39, 0.29) is 10.8 Å². The van der Waals surface area contributed by atoms with Crippen LogP contribution in [0.15, 0.2) is 113 Å². The summed E-state index contributed by atoms with van der Waals surface area (Å²) in [5, 5.41) is 2.67. The van der Waals surface area contributed by atoms with Gasteiger partial charge >= 0.3 is 0 Å². The molecule has 0 aromatic heterocycles. The molecule has 0 saturated heterocycles. The van der Waals surface area contributed by atoms with E-state index in [1.807, 2.05) is 67.6 Å². The predicted molar refractivity (Wildman–Crippen MR) is 148 cm³/mol. The zero-order valence-corrected chi connectivity index (χ0v) is 21.8. The second-order valence-electron chi connectivity index (χ2n) is 8.30. The maximum Gasteiger partial charge on any atom is 0.261 e. The van der Waals surface area contributed by atoms with Crippen LogP contribution in [0.4, 0.5) is 11.4 Å². The number of anilines is 2. The molecule has 184 valence electrons. The number of hydrogen-bond acceptors (Lipinski definition) is 4. The van der Waals surface area contributed by atoms with Gasteiger partial charge in [-0.1, -0.05) is 73.7 Å². The average molecular weight is 517 g/mol. The van der Waals surface area contributed by atoms with Crippen molar-refractivity contribution in [2.45, 2.75) is 35.3 Å². The molecule has 5 nitrogen and oxygen atoms in total. The third kappa shape index (κ3) is 6.17. The van der Waals surface area contributed by atoms with Crippen molar-refractivity contribution in [2.75, 3.05) is 10.0 Å². The molecule has 0 aliphatic rings. The molecule has 1 unspecified atom stereocenters. The fourth-order valence-electron chi connectivity index (χ4n) is 3.84. The van der Waals surface area contributed by atoms with Crippen molar-refractivity contribution in [1.82, 2.24) is 0 Å². The van der Waals surface area contributed by atoms with Gasteiger partial charge in [0.05, 0.1) is 4.90 Å². The number of nitrogens with one attached hydrogen (secondary N) is 2. The fourth-order valence-corrected chi connectivity index (χ4v) is 5.95. The third-order valence-electron chi connectivity index (χ3n) is 5.74. The van der Waals surface area contributed by atoms with Crippen molar-refractivity contribution in [3.63, 3.8) is 0 Å². The average Bonchev–Trinajstić information content (AvgIpc) is 2.90. The fraction of sp³-hybridized carbons (Fsp3) is 0.138. The first-order valence-electron chi connectivity index (χ1n) is 11.7. The van der Waals surface area contributed by atoms with Crippen molar-refractivity contribution in [3.05, 3.63) is 120 Å². The van der Waals surface area contributed by atoms with E-state index in [0.717, 1.165) is 33.7 Å². The number of sulfonamides is 1. The van der Waals surface area contributed by atoms with E-state index >= 15 is 0 Å². The van der Waals surface area contributed by atoms with Crippen LogP contribution in [0, 0.1) is 6.92 Å². The highest BCUT2D eigenvalue weighted by atomic mass is 32.2. The number of hydrogen-bond donors (Lipinski definition) is 2. The molecule has 4 aromatic rings. The van der Waals surface area contributed by atoms with Crippen LogP contribution in [-0.4, -0.2) is 14.3 Å². The first-order chi connectivity index (χ1) is 17.4. The molecular weight excluding hydrogens is 488 g/mol. The van der Waals surface area contributed by atoms with Crippen molar-refractivity contribution in [1.29, 1.82) is 0 Å². The van der Waals surface area contributed by atoms with Gasteiger partial charge in [0.25, 0.3) is 10.0 Å². The minimum Gasteiger partial charge on any atom is -0.324 e. The highest BCUT2D eigenvalue weighted by Gasteiger charge is 2.23. The van der Waals surface area contributed by atoms with Gasteiger partial charge in [0.2, 0.25) is 5.91 Å². The summed E-state index contributed by atoms with van der Waals surface area (Å²) in [5.41, 5.74) is 4.32. The Hall–Kier alpha value is -3.55. The van der Waals surface area contributed by atoms with Crippen LogP contribution in [0.25, 0.3) is 0 Å². The van der Waals surface area contributed by atoms with Gasteiger partial charge in [-0.2, -0.15) is 0 Å². The maximum absolute atomic E-state index is 13.5. The molecule has 0 fully saturated rings. The largest absolute Gasteiger partial charge is 0.324 e. The van der Waals surface area contributed by atoms with Crippen molar-refractivity contribution in [3.8, 4) is 0 Å². The summed E-state index contributed by atoms with van der Waals surface area (Å²) < 4.78 is 27.9. The molecule has 0 heterocycles. The molecule has 0 aliphatic carbocycles. The molecule has 7 heteroatoms. The van der Waals surface area contributed by atoms with E-state index in [9.17, 15) is 13.2 Å². The number of benzene rings is 4. The van der Waals surface area contributed by atoms with Crippen LogP contribution in [0.2, 0.25) is 0 Å². The lowest BCUT2D eigenvalue weighted by Gasteiger charge is -2.20. The summed E-state index contributed by atoms with van der Waals surface area (Å²) >= 11 is 1.42. The van der Waals surface area contributed by atoms with Crippen LogP contribution < -0.4 is 10.0 Å². The van der Waals surface area contributed by atoms with Gasteiger partial charge in [0, 0.05) is 16.3 Å². The highest BCUT2D eigenvalue weighted by Crippen LogP contribution is 2.37. The lowest BCUT2D eigenvalue weighted by atomic mass is 10.1. The van der Waals surface area contributed by atoms with Gasteiger partial charge in [-0.25, -0.2) is 8.42 Å². The van der Waals surface area contributed by atoms with E-state index in [2.05, 4.69) is 17.0 Å². The Morgan fingerprint density at radius 3 is 2.11 bits per heavy atom. The van der Waals surface area contributed by atoms with E-state index < -0.39 is 15.3 Å². The molecule has 0 spiro atoms. The van der Waals surface area contributed by atoms with Gasteiger partial charge in [-0.15, -0.1) is 11.8 Å². The van der Waals surface area contributed by atoms with E-state index in [0.29, 0.717) is 5.69 Å². The molecular formula is C29H28N2O3S2. The summed E-state index contributed by atoms with van der Waals surface area (Å²) in [6.45, 7) is 4.07. The van der Waals surface area contributed by atoms with Gasteiger partial charge in [0.15, 0.2) is 0 Å². The smallest absolute Gasteiger partial charge is 0.261 e. The monoisotopic (exact) mass is 516 g/mol. The van der Waals surface area contributed by atoms with Gasteiger partial charge < -0.3 is 5.32 Å². The summed E-state index contributed by atoms with van der Waals surface area (Å²) in [4.78, 5) is 14.6. The summed E-state index contributed by atoms with van der Waals surface area (Å²) in [5.74, 6) is -0.107. The zero-order valence-electron chi connectivity index (χ0n) is 20.1. The van der Waals surface area contributed by atoms with E-state index in [1.54, 1.807) is 42.5 Å². The Morgan fingerprint density at radius 1 is 0.833 bits per heavy atom. The summed E-state index contributed by atoms with van der Waals surface area (Å²) in [6, 6.07) is 31.0. The second kappa shape index (κ2) is 11.5. The molecule has 2 N–H and O–H groups in total. The SMILES string of the molecule is CCc1cccc(C)c1NC(=O)C(Sc1ccc(NS(=O)(=O)c2ccccc2)cc1)c1ccccc1. The predicted octanol–water partition coefficient (Wildman–Crippen LogP) is 6.83. The minimum absolute atomic E-state index is 0.107. The number of carbonyl (C=O) groups is 1. The Labute approximate surface area is 217 Å². The van der Waals surface area contributed by atoms with Crippen LogP contribution in [0.3, 0.4) is 0 Å². The van der Waals surface area contributed by atoms with E-state index in [1.165, 1.54) is 11.8 Å². The first-order valence-corrected chi connectivity index (χ1v) is 14.0. The molecule has 4 rings (SSSR count). The van der Waals surface area contributed by atoms with Crippen molar-refractivity contribution < 1.29 is 13.2 Å². The quantitative estimate of drug-likeness (QED) is 0.239.